The Labute approximate surface area is 240 Å². The zero-order valence-corrected chi connectivity index (χ0v) is 22.5. The average Bonchev–Trinajstić information content (AvgIpc) is 3.25. The van der Waals surface area contributed by atoms with Gasteiger partial charge in [-0.3, -0.25) is 24.1 Å². The third-order valence-corrected chi connectivity index (χ3v) is 9.16. The number of nitrogens with zero attached hydrogens (tertiary/aromatic N) is 1. The van der Waals surface area contributed by atoms with E-state index in [4.69, 9.17) is 0 Å². The van der Waals surface area contributed by atoms with Crippen LogP contribution in [0.15, 0.2) is 95.1 Å². The molecule has 4 atom stereocenters. The molecule has 0 saturated carbocycles. The van der Waals surface area contributed by atoms with Crippen molar-refractivity contribution in [2.75, 3.05) is 4.90 Å². The molecule has 3 aromatic carbocycles. The fourth-order valence-corrected chi connectivity index (χ4v) is 7.33. The van der Waals surface area contributed by atoms with Crippen LogP contribution < -0.4 is 4.90 Å². The standard InChI is InChI=1S/C34H25NO7/c1-16-13-27(37)30-25(31(16)38)15-24-22(28(30)21-11-12-26(36)20-8-3-2-7-19(20)21)9-10-23-29(24)33(40)35(32(23)39)18-6-4-5-17(14-18)34(41)42/h2-9,11-14,23-24,28-29,36H,10,15H2,1H3,(H,41,42). The molecule has 0 radical (unpaired) electrons. The van der Waals surface area contributed by atoms with Crippen LogP contribution in [0.1, 0.15) is 41.6 Å². The van der Waals surface area contributed by atoms with Crippen molar-refractivity contribution in [3.8, 4) is 5.75 Å². The molecule has 1 heterocycles. The number of carboxylic acid groups (broad SMARTS) is 1. The minimum absolute atomic E-state index is 0.0397. The first-order valence-electron chi connectivity index (χ1n) is 13.8. The molecule has 0 spiro atoms. The summed E-state index contributed by atoms with van der Waals surface area (Å²) >= 11 is 0. The first kappa shape index (κ1) is 25.8. The molecule has 1 aliphatic heterocycles. The van der Waals surface area contributed by atoms with E-state index in [0.717, 1.165) is 21.4 Å². The Morgan fingerprint density at radius 1 is 0.905 bits per heavy atom. The van der Waals surface area contributed by atoms with E-state index in [1.165, 1.54) is 30.3 Å². The highest BCUT2D eigenvalue weighted by Crippen LogP contribution is 2.56. The molecule has 4 unspecified atom stereocenters. The van der Waals surface area contributed by atoms with Gasteiger partial charge in [-0.15, -0.1) is 0 Å². The van der Waals surface area contributed by atoms with Crippen molar-refractivity contribution in [3.63, 3.8) is 0 Å². The molecule has 4 aliphatic rings. The summed E-state index contributed by atoms with van der Waals surface area (Å²) in [6.07, 6.45) is 3.72. The summed E-state index contributed by atoms with van der Waals surface area (Å²) in [6.45, 7) is 1.60. The van der Waals surface area contributed by atoms with Gasteiger partial charge in [-0.2, -0.15) is 0 Å². The van der Waals surface area contributed by atoms with Crippen molar-refractivity contribution in [1.82, 2.24) is 0 Å². The monoisotopic (exact) mass is 559 g/mol. The van der Waals surface area contributed by atoms with E-state index >= 15 is 0 Å². The highest BCUT2D eigenvalue weighted by molar-refractivity contribution is 6.25. The maximum atomic E-state index is 14.1. The van der Waals surface area contributed by atoms with Crippen molar-refractivity contribution in [2.24, 2.45) is 17.8 Å². The highest BCUT2D eigenvalue weighted by atomic mass is 16.4. The van der Waals surface area contributed by atoms with Crippen LogP contribution in [0, 0.1) is 17.8 Å². The van der Waals surface area contributed by atoms with E-state index in [1.54, 1.807) is 25.1 Å². The lowest BCUT2D eigenvalue weighted by molar-refractivity contribution is -0.123. The molecule has 3 aromatic rings. The number of rotatable bonds is 3. The number of amides is 2. The molecule has 42 heavy (non-hydrogen) atoms. The average molecular weight is 560 g/mol. The predicted octanol–water partition coefficient (Wildman–Crippen LogP) is 4.88. The number of phenolic OH excluding ortho intramolecular Hbond substituents is 1. The fourth-order valence-electron chi connectivity index (χ4n) is 7.33. The zero-order chi connectivity index (χ0) is 29.4. The number of Topliss-reactive ketones (excluding diaryl/α,β-unsaturated/α-hetero) is 1. The maximum absolute atomic E-state index is 14.1. The van der Waals surface area contributed by atoms with Gasteiger partial charge in [0.25, 0.3) is 0 Å². The van der Waals surface area contributed by atoms with Gasteiger partial charge >= 0.3 is 5.97 Å². The summed E-state index contributed by atoms with van der Waals surface area (Å²) in [4.78, 5) is 67.5. The number of aromatic carboxylic acids is 1. The maximum Gasteiger partial charge on any atom is 0.335 e. The van der Waals surface area contributed by atoms with E-state index < -0.39 is 41.5 Å². The van der Waals surface area contributed by atoms with E-state index in [1.807, 2.05) is 24.3 Å². The number of anilines is 1. The van der Waals surface area contributed by atoms with Crippen LogP contribution in [0.4, 0.5) is 5.69 Å². The van der Waals surface area contributed by atoms with Gasteiger partial charge in [-0.1, -0.05) is 48.0 Å². The van der Waals surface area contributed by atoms with Crippen LogP contribution in [-0.2, 0) is 19.2 Å². The number of carboxylic acids is 1. The highest BCUT2D eigenvalue weighted by Gasteiger charge is 2.56. The first-order chi connectivity index (χ1) is 20.2. The van der Waals surface area contributed by atoms with Gasteiger partial charge in [-0.25, -0.2) is 4.79 Å². The molecule has 7 rings (SSSR count). The van der Waals surface area contributed by atoms with E-state index in [9.17, 15) is 34.2 Å². The molecule has 8 nitrogen and oxygen atoms in total. The lowest BCUT2D eigenvalue weighted by atomic mass is 9.59. The third kappa shape index (κ3) is 3.57. The molecule has 208 valence electrons. The summed E-state index contributed by atoms with van der Waals surface area (Å²) < 4.78 is 0. The van der Waals surface area contributed by atoms with Gasteiger partial charge in [0.1, 0.15) is 5.75 Å². The van der Waals surface area contributed by atoms with Crippen LogP contribution in [0.3, 0.4) is 0 Å². The Bertz CT molecular complexity index is 1890. The Morgan fingerprint density at radius 3 is 2.43 bits per heavy atom. The number of aromatic hydroxyl groups is 1. The number of fused-ring (bicyclic) bond motifs is 4. The van der Waals surface area contributed by atoms with Gasteiger partial charge in [0.15, 0.2) is 11.6 Å². The van der Waals surface area contributed by atoms with Crippen molar-refractivity contribution in [3.05, 3.63) is 106 Å². The summed E-state index contributed by atoms with van der Waals surface area (Å²) in [5, 5.41) is 21.4. The molecule has 3 aliphatic carbocycles. The molecule has 1 fully saturated rings. The topological polar surface area (TPSA) is 129 Å². The van der Waals surface area contributed by atoms with Crippen molar-refractivity contribution >= 4 is 45.8 Å². The smallest absolute Gasteiger partial charge is 0.335 e. The SMILES string of the molecule is CC1=CC(=O)C2=C(CC3C(=CCC4C(=O)N(c5cccc(C(=O)O)c5)C(=O)C43)C2c2ccc(O)c3ccccc23)C1=O. The molecule has 2 N–H and O–H groups in total. The second kappa shape index (κ2) is 9.21. The number of imide groups is 1. The quantitative estimate of drug-likeness (QED) is 0.266. The first-order valence-corrected chi connectivity index (χ1v) is 13.8. The second-order valence-corrected chi connectivity index (χ2v) is 11.3. The summed E-state index contributed by atoms with van der Waals surface area (Å²) in [6, 6.07) is 16.4. The lowest BCUT2D eigenvalue weighted by Crippen LogP contribution is -2.39. The third-order valence-electron chi connectivity index (χ3n) is 9.16. The number of carbonyl (C=O) groups excluding carboxylic acids is 4. The minimum atomic E-state index is -1.17. The second-order valence-electron chi connectivity index (χ2n) is 11.3. The van der Waals surface area contributed by atoms with Crippen LogP contribution >= 0.6 is 0 Å². The normalized spacial score (nSPS) is 25.2. The minimum Gasteiger partial charge on any atom is -0.507 e. The molecule has 8 heteroatoms. The Kier molecular flexibility index (Phi) is 5.66. The fraction of sp³-hybridized carbons (Fsp3) is 0.206. The largest absolute Gasteiger partial charge is 0.507 e. The molecule has 0 aromatic heterocycles. The zero-order valence-electron chi connectivity index (χ0n) is 22.5. The van der Waals surface area contributed by atoms with Crippen molar-refractivity contribution < 1.29 is 34.2 Å². The molecular weight excluding hydrogens is 534 g/mol. The van der Waals surface area contributed by atoms with Crippen molar-refractivity contribution in [2.45, 2.75) is 25.7 Å². The summed E-state index contributed by atoms with van der Waals surface area (Å²) in [5.41, 5.74) is 2.77. The Morgan fingerprint density at radius 2 is 1.67 bits per heavy atom. The van der Waals surface area contributed by atoms with Gasteiger partial charge in [-0.05, 0) is 67.0 Å². The van der Waals surface area contributed by atoms with Crippen molar-refractivity contribution in [1.29, 1.82) is 0 Å². The molecule has 1 saturated heterocycles. The molecule has 2 amide bonds. The summed E-state index contributed by atoms with van der Waals surface area (Å²) in [7, 11) is 0. The Balaban J connectivity index is 1.40. The number of ketones is 2. The number of benzene rings is 3. The summed E-state index contributed by atoms with van der Waals surface area (Å²) in [5.74, 6) is -5.05. The van der Waals surface area contributed by atoms with Gasteiger partial charge in [0.05, 0.1) is 23.1 Å². The van der Waals surface area contributed by atoms with Crippen LogP contribution in [0.2, 0.25) is 0 Å². The van der Waals surface area contributed by atoms with E-state index in [0.29, 0.717) is 22.1 Å². The van der Waals surface area contributed by atoms with Gasteiger partial charge < -0.3 is 10.2 Å². The molecular formula is C34H25NO7. The van der Waals surface area contributed by atoms with Gasteiger partial charge in [0, 0.05) is 28.0 Å². The number of hydrogen-bond acceptors (Lipinski definition) is 6. The number of phenols is 1. The lowest BCUT2D eigenvalue weighted by Gasteiger charge is -2.42. The van der Waals surface area contributed by atoms with E-state index in [2.05, 4.69) is 0 Å². The Hall–Kier alpha value is -5.11. The van der Waals surface area contributed by atoms with E-state index in [-0.39, 0.29) is 41.4 Å². The van der Waals surface area contributed by atoms with Crippen LogP contribution in [0.5, 0.6) is 5.75 Å². The number of allylic oxidation sites excluding steroid dienone is 6. The molecule has 0 bridgehead atoms. The number of hydrogen-bond donors (Lipinski definition) is 2. The van der Waals surface area contributed by atoms with Gasteiger partial charge in [0.2, 0.25) is 11.8 Å². The van der Waals surface area contributed by atoms with Crippen LogP contribution in [0.25, 0.3) is 10.8 Å². The predicted molar refractivity (Wildman–Crippen MR) is 153 cm³/mol. The number of carbonyl (C=O) groups is 5. The van der Waals surface area contributed by atoms with Crippen LogP contribution in [-0.4, -0.2) is 39.6 Å².